The molecular weight excluding hydrogens is 260 g/mol. The van der Waals surface area contributed by atoms with E-state index in [9.17, 15) is 8.42 Å². The summed E-state index contributed by atoms with van der Waals surface area (Å²) in [4.78, 5) is 0. The number of nitrogens with zero attached hydrogens (tertiary/aromatic N) is 1. The zero-order valence-electron chi connectivity index (χ0n) is 11.2. The summed E-state index contributed by atoms with van der Waals surface area (Å²) >= 11 is 0. The third-order valence-electron chi connectivity index (χ3n) is 3.54. The predicted octanol–water partition coefficient (Wildman–Crippen LogP) is 2.36. The van der Waals surface area contributed by atoms with Crippen molar-refractivity contribution in [1.82, 2.24) is 4.31 Å². The van der Waals surface area contributed by atoms with Crippen molar-refractivity contribution in [2.24, 2.45) is 0 Å². The van der Waals surface area contributed by atoms with Crippen LogP contribution in [0, 0.1) is 0 Å². The van der Waals surface area contributed by atoms with Gasteiger partial charge in [-0.05, 0) is 30.5 Å². The fourth-order valence-electron chi connectivity index (χ4n) is 2.41. The number of anilines is 1. The Balaban J connectivity index is 2.05. The van der Waals surface area contributed by atoms with Crippen molar-refractivity contribution in [3.63, 3.8) is 0 Å². The van der Waals surface area contributed by atoms with Crippen molar-refractivity contribution < 1.29 is 8.42 Å². The van der Waals surface area contributed by atoms with Crippen LogP contribution in [0.4, 0.5) is 5.69 Å². The molecule has 19 heavy (non-hydrogen) atoms. The normalized spacial score (nSPS) is 18.7. The molecule has 0 unspecified atom stereocenters. The van der Waals surface area contributed by atoms with Crippen LogP contribution in [0.25, 0.3) is 0 Å². The largest absolute Gasteiger partial charge is 0.399 e. The van der Waals surface area contributed by atoms with Gasteiger partial charge >= 0.3 is 0 Å². The molecule has 5 heteroatoms. The predicted molar refractivity (Wildman–Crippen MR) is 78.1 cm³/mol. The lowest BCUT2D eigenvalue weighted by Crippen LogP contribution is -2.34. The van der Waals surface area contributed by atoms with Gasteiger partial charge in [-0.3, -0.25) is 0 Å². The molecule has 2 N–H and O–H groups in total. The fourth-order valence-corrected chi connectivity index (χ4v) is 4.02. The lowest BCUT2D eigenvalue weighted by Gasteiger charge is -2.24. The zero-order chi connectivity index (χ0) is 13.7. The first-order valence-corrected chi connectivity index (χ1v) is 8.51. The van der Waals surface area contributed by atoms with Crippen LogP contribution in [-0.4, -0.2) is 25.8 Å². The maximum Gasteiger partial charge on any atom is 0.218 e. The van der Waals surface area contributed by atoms with Gasteiger partial charge in [0, 0.05) is 18.8 Å². The summed E-state index contributed by atoms with van der Waals surface area (Å²) in [6.45, 7) is 1.33. The molecule has 0 aliphatic carbocycles. The van der Waals surface area contributed by atoms with Crippen LogP contribution < -0.4 is 5.73 Å². The van der Waals surface area contributed by atoms with Crippen LogP contribution in [0.5, 0.6) is 0 Å². The SMILES string of the molecule is Nc1ccc(CS(=O)(=O)N2CCCCCCC2)cc1. The van der Waals surface area contributed by atoms with Gasteiger partial charge < -0.3 is 5.73 Å². The topological polar surface area (TPSA) is 63.4 Å². The first-order valence-electron chi connectivity index (χ1n) is 6.90. The van der Waals surface area contributed by atoms with E-state index < -0.39 is 10.0 Å². The summed E-state index contributed by atoms with van der Waals surface area (Å²) in [6.07, 6.45) is 5.44. The van der Waals surface area contributed by atoms with E-state index in [1.54, 1.807) is 28.6 Å². The standard InChI is InChI=1S/C14H22N2O2S/c15-14-8-6-13(7-9-14)12-19(17,18)16-10-4-2-1-3-5-11-16/h6-9H,1-5,10-12,15H2. The molecule has 0 bridgehead atoms. The summed E-state index contributed by atoms with van der Waals surface area (Å²) in [6, 6.07) is 7.07. The molecule has 106 valence electrons. The Morgan fingerprint density at radius 3 is 2.05 bits per heavy atom. The maximum atomic E-state index is 12.4. The molecular formula is C14H22N2O2S. The van der Waals surface area contributed by atoms with Gasteiger partial charge in [0.15, 0.2) is 0 Å². The van der Waals surface area contributed by atoms with Crippen molar-refractivity contribution in [3.8, 4) is 0 Å². The number of rotatable bonds is 3. The van der Waals surface area contributed by atoms with Crippen LogP contribution in [0.3, 0.4) is 0 Å². The van der Waals surface area contributed by atoms with E-state index in [0.29, 0.717) is 18.8 Å². The lowest BCUT2D eigenvalue weighted by atomic mass is 10.1. The number of benzene rings is 1. The Hall–Kier alpha value is -1.07. The molecule has 0 spiro atoms. The monoisotopic (exact) mass is 282 g/mol. The van der Waals surface area contributed by atoms with E-state index in [2.05, 4.69) is 0 Å². The molecule has 1 aliphatic heterocycles. The second kappa shape index (κ2) is 6.39. The molecule has 1 fully saturated rings. The Bertz CT molecular complexity index is 489. The van der Waals surface area contributed by atoms with Crippen LogP contribution in [0.1, 0.15) is 37.7 Å². The number of nitrogens with two attached hydrogens (primary N) is 1. The molecule has 1 aromatic carbocycles. The van der Waals surface area contributed by atoms with Crippen LogP contribution in [0.15, 0.2) is 24.3 Å². The second-order valence-electron chi connectivity index (χ2n) is 5.16. The van der Waals surface area contributed by atoms with E-state index in [4.69, 9.17) is 5.73 Å². The highest BCUT2D eigenvalue weighted by molar-refractivity contribution is 7.88. The molecule has 0 aromatic heterocycles. The van der Waals surface area contributed by atoms with Crippen LogP contribution >= 0.6 is 0 Å². The highest BCUT2D eigenvalue weighted by atomic mass is 32.2. The Labute approximate surface area is 115 Å². The first-order chi connectivity index (χ1) is 9.08. The third-order valence-corrected chi connectivity index (χ3v) is 5.39. The molecule has 1 aliphatic rings. The Morgan fingerprint density at radius 1 is 0.947 bits per heavy atom. The Kier molecular flexibility index (Phi) is 4.82. The summed E-state index contributed by atoms with van der Waals surface area (Å²) < 4.78 is 26.5. The first kappa shape index (κ1) is 14.3. The van der Waals surface area contributed by atoms with Gasteiger partial charge in [0.2, 0.25) is 10.0 Å². The van der Waals surface area contributed by atoms with Gasteiger partial charge in [-0.25, -0.2) is 12.7 Å². The van der Waals surface area contributed by atoms with E-state index in [1.807, 2.05) is 0 Å². The summed E-state index contributed by atoms with van der Waals surface area (Å²) in [7, 11) is -3.20. The number of hydrogen-bond donors (Lipinski definition) is 1. The average Bonchev–Trinajstić information content (AvgIpc) is 2.31. The molecule has 0 amide bonds. The van der Waals surface area contributed by atoms with Crippen molar-refractivity contribution in [2.45, 2.75) is 37.9 Å². The highest BCUT2D eigenvalue weighted by Crippen LogP contribution is 2.17. The fraction of sp³-hybridized carbons (Fsp3) is 0.571. The molecule has 0 saturated carbocycles. The Morgan fingerprint density at radius 2 is 1.47 bits per heavy atom. The van der Waals surface area contributed by atoms with Crippen LogP contribution in [-0.2, 0) is 15.8 Å². The maximum absolute atomic E-state index is 12.4. The van der Waals surface area contributed by atoms with Gasteiger partial charge in [0.1, 0.15) is 0 Å². The van der Waals surface area contributed by atoms with Gasteiger partial charge in [-0.1, -0.05) is 31.4 Å². The highest BCUT2D eigenvalue weighted by Gasteiger charge is 2.22. The minimum absolute atomic E-state index is 0.0767. The number of hydrogen-bond acceptors (Lipinski definition) is 3. The van der Waals surface area contributed by atoms with Gasteiger partial charge in [0.25, 0.3) is 0 Å². The number of sulfonamides is 1. The molecule has 1 saturated heterocycles. The second-order valence-corrected chi connectivity index (χ2v) is 7.13. The van der Waals surface area contributed by atoms with Crippen molar-refractivity contribution >= 4 is 15.7 Å². The van der Waals surface area contributed by atoms with E-state index in [-0.39, 0.29) is 5.75 Å². The van der Waals surface area contributed by atoms with Crippen molar-refractivity contribution in [3.05, 3.63) is 29.8 Å². The smallest absolute Gasteiger partial charge is 0.218 e. The van der Waals surface area contributed by atoms with Gasteiger partial charge in [0.05, 0.1) is 5.75 Å². The van der Waals surface area contributed by atoms with Crippen molar-refractivity contribution in [1.29, 1.82) is 0 Å². The molecule has 0 atom stereocenters. The van der Waals surface area contributed by atoms with E-state index >= 15 is 0 Å². The van der Waals surface area contributed by atoms with E-state index in [0.717, 1.165) is 31.2 Å². The van der Waals surface area contributed by atoms with Gasteiger partial charge in [-0.15, -0.1) is 0 Å². The lowest BCUT2D eigenvalue weighted by molar-refractivity contribution is 0.364. The quantitative estimate of drug-likeness (QED) is 0.866. The number of nitrogen functional groups attached to an aromatic ring is 1. The summed E-state index contributed by atoms with van der Waals surface area (Å²) in [5, 5.41) is 0. The summed E-state index contributed by atoms with van der Waals surface area (Å²) in [5.41, 5.74) is 7.07. The van der Waals surface area contributed by atoms with Gasteiger partial charge in [-0.2, -0.15) is 0 Å². The molecule has 1 heterocycles. The molecule has 1 aromatic rings. The average molecular weight is 282 g/mol. The summed E-state index contributed by atoms with van der Waals surface area (Å²) in [5.74, 6) is 0.0767. The molecule has 4 nitrogen and oxygen atoms in total. The third kappa shape index (κ3) is 4.21. The minimum Gasteiger partial charge on any atom is -0.399 e. The molecule has 2 rings (SSSR count). The van der Waals surface area contributed by atoms with E-state index in [1.165, 1.54) is 6.42 Å². The minimum atomic E-state index is -3.20. The van der Waals surface area contributed by atoms with Crippen LogP contribution in [0.2, 0.25) is 0 Å². The van der Waals surface area contributed by atoms with Crippen molar-refractivity contribution in [2.75, 3.05) is 18.8 Å². The molecule has 0 radical (unpaired) electrons. The zero-order valence-corrected chi connectivity index (χ0v) is 12.0.